The second-order valence-electron chi connectivity index (χ2n) is 6.03. The maximum atomic E-state index is 5.46. The molecule has 4 nitrogen and oxygen atoms in total. The van der Waals surface area contributed by atoms with Gasteiger partial charge in [-0.2, -0.15) is 5.10 Å². The van der Waals surface area contributed by atoms with E-state index < -0.39 is 0 Å². The molecule has 0 N–H and O–H groups in total. The molecule has 1 aromatic rings. The van der Waals surface area contributed by atoms with Gasteiger partial charge >= 0.3 is 0 Å². The topological polar surface area (TPSA) is 30.3 Å². The third-order valence-electron chi connectivity index (χ3n) is 4.57. The summed E-state index contributed by atoms with van der Waals surface area (Å²) >= 11 is 0. The zero-order valence-corrected chi connectivity index (χ0v) is 11.7. The Labute approximate surface area is 115 Å². The van der Waals surface area contributed by atoms with Gasteiger partial charge in [0.25, 0.3) is 0 Å². The molecule has 0 aliphatic carbocycles. The van der Waals surface area contributed by atoms with Crippen LogP contribution in [0.2, 0.25) is 0 Å². The predicted octanol–water partition coefficient (Wildman–Crippen LogP) is 2.02. The number of hydrogen-bond acceptors (Lipinski definition) is 3. The molecule has 4 heteroatoms. The minimum Gasteiger partial charge on any atom is -0.381 e. The molecule has 1 atom stereocenters. The van der Waals surface area contributed by atoms with E-state index in [-0.39, 0.29) is 0 Å². The summed E-state index contributed by atoms with van der Waals surface area (Å²) in [5.74, 6) is 1.68. The molecule has 0 spiro atoms. The van der Waals surface area contributed by atoms with Crippen LogP contribution in [0.15, 0.2) is 18.5 Å². The van der Waals surface area contributed by atoms with Crippen LogP contribution in [0, 0.1) is 11.8 Å². The molecule has 2 aliphatic rings. The fraction of sp³-hybridized carbons (Fsp3) is 0.800. The van der Waals surface area contributed by atoms with Crippen LogP contribution in [0.4, 0.5) is 0 Å². The van der Waals surface area contributed by atoms with E-state index in [9.17, 15) is 0 Å². The summed E-state index contributed by atoms with van der Waals surface area (Å²) < 4.78 is 7.52. The molecule has 2 saturated heterocycles. The quantitative estimate of drug-likeness (QED) is 0.814. The van der Waals surface area contributed by atoms with Gasteiger partial charge in [-0.15, -0.1) is 0 Å². The van der Waals surface area contributed by atoms with Gasteiger partial charge in [0.2, 0.25) is 0 Å². The number of aromatic nitrogens is 2. The van der Waals surface area contributed by atoms with E-state index in [2.05, 4.69) is 20.9 Å². The van der Waals surface area contributed by atoms with Crippen LogP contribution in [-0.4, -0.2) is 47.5 Å². The summed E-state index contributed by atoms with van der Waals surface area (Å²) in [5, 5.41) is 4.28. The Bertz CT molecular complexity index is 351. The molecular weight excluding hydrogens is 238 g/mol. The molecule has 19 heavy (non-hydrogen) atoms. The highest BCUT2D eigenvalue weighted by Gasteiger charge is 2.23. The van der Waals surface area contributed by atoms with Crippen LogP contribution in [0.25, 0.3) is 0 Å². The normalized spacial score (nSPS) is 26.0. The van der Waals surface area contributed by atoms with Crippen LogP contribution in [0.3, 0.4) is 0 Å². The summed E-state index contributed by atoms with van der Waals surface area (Å²) in [6.07, 6.45) is 9.19. The second kappa shape index (κ2) is 6.53. The number of nitrogens with zero attached hydrogens (tertiary/aromatic N) is 3. The van der Waals surface area contributed by atoms with Gasteiger partial charge in [-0.3, -0.25) is 4.68 Å². The molecule has 106 valence electrons. The van der Waals surface area contributed by atoms with Crippen LogP contribution in [0.1, 0.15) is 25.7 Å². The minimum atomic E-state index is 0.792. The molecular formula is C15H25N3O. The van der Waals surface area contributed by atoms with Crippen molar-refractivity contribution in [1.82, 2.24) is 14.7 Å². The smallest absolute Gasteiger partial charge is 0.0507 e. The summed E-state index contributed by atoms with van der Waals surface area (Å²) in [5.41, 5.74) is 0. The fourth-order valence-corrected chi connectivity index (χ4v) is 3.30. The Morgan fingerprint density at radius 1 is 1.16 bits per heavy atom. The van der Waals surface area contributed by atoms with Crippen molar-refractivity contribution >= 4 is 0 Å². The Morgan fingerprint density at radius 2 is 2.05 bits per heavy atom. The van der Waals surface area contributed by atoms with Gasteiger partial charge in [0.1, 0.15) is 0 Å². The lowest BCUT2D eigenvalue weighted by Gasteiger charge is -2.33. The molecule has 0 saturated carbocycles. The average molecular weight is 263 g/mol. The summed E-state index contributed by atoms with van der Waals surface area (Å²) in [6.45, 7) is 6.85. The van der Waals surface area contributed by atoms with E-state index in [0.717, 1.165) is 31.6 Å². The monoisotopic (exact) mass is 263 g/mol. The van der Waals surface area contributed by atoms with Crippen molar-refractivity contribution in [3.63, 3.8) is 0 Å². The second-order valence-corrected chi connectivity index (χ2v) is 6.03. The van der Waals surface area contributed by atoms with Gasteiger partial charge in [-0.1, -0.05) is 0 Å². The Balaban J connectivity index is 1.34. The van der Waals surface area contributed by atoms with E-state index >= 15 is 0 Å². The molecule has 0 aromatic carbocycles. The van der Waals surface area contributed by atoms with Crippen LogP contribution < -0.4 is 0 Å². The van der Waals surface area contributed by atoms with Gasteiger partial charge in [0, 0.05) is 32.1 Å². The van der Waals surface area contributed by atoms with E-state index in [4.69, 9.17) is 4.74 Å². The van der Waals surface area contributed by atoms with Gasteiger partial charge in [0.15, 0.2) is 0 Å². The Morgan fingerprint density at radius 3 is 2.74 bits per heavy atom. The highest BCUT2D eigenvalue weighted by molar-refractivity contribution is 4.79. The zero-order valence-electron chi connectivity index (χ0n) is 11.7. The molecule has 0 amide bonds. The first-order valence-electron chi connectivity index (χ1n) is 7.67. The lowest BCUT2D eigenvalue weighted by atomic mass is 9.93. The van der Waals surface area contributed by atoms with Crippen molar-refractivity contribution in [2.45, 2.75) is 32.2 Å². The molecule has 3 rings (SSSR count). The van der Waals surface area contributed by atoms with Crippen LogP contribution >= 0.6 is 0 Å². The zero-order chi connectivity index (χ0) is 12.9. The first-order chi connectivity index (χ1) is 9.40. The molecule has 3 heterocycles. The minimum absolute atomic E-state index is 0.792. The maximum absolute atomic E-state index is 5.46. The number of piperidine rings is 1. The summed E-state index contributed by atoms with van der Waals surface area (Å²) in [6, 6.07) is 2.01. The third kappa shape index (κ3) is 3.80. The Hall–Kier alpha value is -0.870. The molecule has 0 unspecified atom stereocenters. The standard InChI is InChI=1S/C15H25N3O/c1-6-16-18(7-1)10-4-14-2-8-17(9-3-14)12-15-5-11-19-13-15/h1,6-7,14-15H,2-5,8-13H2/t15-/m0/s1. The van der Waals surface area contributed by atoms with E-state index in [0.29, 0.717) is 0 Å². The number of likely N-dealkylation sites (tertiary alicyclic amines) is 1. The maximum Gasteiger partial charge on any atom is 0.0507 e. The lowest BCUT2D eigenvalue weighted by molar-refractivity contribution is 0.137. The number of aryl methyl sites for hydroxylation is 1. The average Bonchev–Trinajstić information content (AvgIpc) is 3.11. The largest absolute Gasteiger partial charge is 0.381 e. The molecule has 2 fully saturated rings. The van der Waals surface area contributed by atoms with Crippen molar-refractivity contribution < 1.29 is 4.74 Å². The van der Waals surface area contributed by atoms with Crippen molar-refractivity contribution in [2.75, 3.05) is 32.8 Å². The highest BCUT2D eigenvalue weighted by atomic mass is 16.5. The van der Waals surface area contributed by atoms with Gasteiger partial charge in [-0.25, -0.2) is 0 Å². The molecule has 1 aromatic heterocycles. The first-order valence-corrected chi connectivity index (χ1v) is 7.67. The number of ether oxygens (including phenoxy) is 1. The van der Waals surface area contributed by atoms with Gasteiger partial charge < -0.3 is 9.64 Å². The van der Waals surface area contributed by atoms with Crippen molar-refractivity contribution in [1.29, 1.82) is 0 Å². The number of rotatable bonds is 5. The van der Waals surface area contributed by atoms with E-state index in [1.807, 2.05) is 12.3 Å². The summed E-state index contributed by atoms with van der Waals surface area (Å²) in [4.78, 5) is 2.64. The van der Waals surface area contributed by atoms with Crippen LogP contribution in [-0.2, 0) is 11.3 Å². The SMILES string of the molecule is c1cnn(CCC2CCN(C[C@@H]3CCOC3)CC2)c1. The Kier molecular flexibility index (Phi) is 4.51. The molecule has 2 aliphatic heterocycles. The first kappa shape index (κ1) is 13.1. The van der Waals surface area contributed by atoms with E-state index in [1.54, 1.807) is 0 Å². The summed E-state index contributed by atoms with van der Waals surface area (Å²) in [7, 11) is 0. The van der Waals surface area contributed by atoms with E-state index in [1.165, 1.54) is 45.3 Å². The van der Waals surface area contributed by atoms with Crippen molar-refractivity contribution in [3.05, 3.63) is 18.5 Å². The lowest BCUT2D eigenvalue weighted by Crippen LogP contribution is -2.37. The number of hydrogen-bond donors (Lipinski definition) is 0. The van der Waals surface area contributed by atoms with Gasteiger partial charge in [0.05, 0.1) is 6.61 Å². The van der Waals surface area contributed by atoms with Crippen molar-refractivity contribution in [3.8, 4) is 0 Å². The van der Waals surface area contributed by atoms with Gasteiger partial charge in [-0.05, 0) is 56.7 Å². The van der Waals surface area contributed by atoms with Crippen molar-refractivity contribution in [2.24, 2.45) is 11.8 Å². The third-order valence-corrected chi connectivity index (χ3v) is 4.57. The molecule has 0 bridgehead atoms. The fourth-order valence-electron chi connectivity index (χ4n) is 3.30. The molecule has 0 radical (unpaired) electrons. The van der Waals surface area contributed by atoms with Crippen LogP contribution in [0.5, 0.6) is 0 Å². The highest BCUT2D eigenvalue weighted by Crippen LogP contribution is 2.23. The predicted molar refractivity (Wildman–Crippen MR) is 74.9 cm³/mol.